The highest BCUT2D eigenvalue weighted by Crippen LogP contribution is 2.66. The van der Waals surface area contributed by atoms with Gasteiger partial charge in [0, 0.05) is 0 Å². The van der Waals surface area contributed by atoms with E-state index >= 15 is 0 Å². The second-order valence-corrected chi connectivity index (χ2v) is 12.8. The van der Waals surface area contributed by atoms with Crippen LogP contribution in [0.25, 0.3) is 0 Å². The standard InChI is InChI=1S/C13H29O4PSi/c1-6-15-18(14,16-7-2)13(17-19(3,4)5)11-9-8-10-12-13/h6-12H2,1-5H3. The molecule has 1 aliphatic rings. The van der Waals surface area contributed by atoms with Crippen LogP contribution in [0.4, 0.5) is 0 Å². The van der Waals surface area contributed by atoms with Gasteiger partial charge in [0.25, 0.3) is 0 Å². The van der Waals surface area contributed by atoms with Gasteiger partial charge in [-0.05, 0) is 59.2 Å². The van der Waals surface area contributed by atoms with Crippen LogP contribution in [0.3, 0.4) is 0 Å². The molecule has 6 heteroatoms. The van der Waals surface area contributed by atoms with Crippen molar-refractivity contribution >= 4 is 15.9 Å². The van der Waals surface area contributed by atoms with Gasteiger partial charge in [-0.3, -0.25) is 4.57 Å². The van der Waals surface area contributed by atoms with Crippen molar-refractivity contribution in [3.05, 3.63) is 0 Å². The summed E-state index contributed by atoms with van der Waals surface area (Å²) in [7, 11) is -5.03. The van der Waals surface area contributed by atoms with Crippen LogP contribution in [-0.4, -0.2) is 26.9 Å². The maximum absolute atomic E-state index is 13.2. The van der Waals surface area contributed by atoms with Gasteiger partial charge < -0.3 is 13.5 Å². The molecule has 1 saturated carbocycles. The molecule has 1 aliphatic carbocycles. The van der Waals surface area contributed by atoms with Crippen molar-refractivity contribution in [2.75, 3.05) is 13.2 Å². The van der Waals surface area contributed by atoms with E-state index in [-0.39, 0.29) is 0 Å². The molecule has 0 bridgehead atoms. The Morgan fingerprint density at radius 2 is 1.47 bits per heavy atom. The predicted octanol–water partition coefficient (Wildman–Crippen LogP) is 4.76. The number of hydrogen-bond acceptors (Lipinski definition) is 4. The Kier molecular flexibility index (Phi) is 6.27. The molecule has 19 heavy (non-hydrogen) atoms. The lowest BCUT2D eigenvalue weighted by Gasteiger charge is -2.44. The highest BCUT2D eigenvalue weighted by Gasteiger charge is 2.54. The van der Waals surface area contributed by atoms with Crippen molar-refractivity contribution in [3.63, 3.8) is 0 Å². The Balaban J connectivity index is 3.08. The van der Waals surface area contributed by atoms with Crippen molar-refractivity contribution < 1.29 is 18.0 Å². The molecule has 0 aromatic carbocycles. The zero-order valence-electron chi connectivity index (χ0n) is 13.0. The zero-order chi connectivity index (χ0) is 14.6. The summed E-state index contributed by atoms with van der Waals surface area (Å²) in [5.41, 5.74) is 0. The van der Waals surface area contributed by atoms with Gasteiger partial charge in [-0.2, -0.15) is 0 Å². The minimum atomic E-state index is -3.21. The van der Waals surface area contributed by atoms with Crippen LogP contribution >= 0.6 is 7.60 Å². The lowest BCUT2D eigenvalue weighted by atomic mass is 9.97. The van der Waals surface area contributed by atoms with Crippen LogP contribution in [0.15, 0.2) is 0 Å². The van der Waals surface area contributed by atoms with Crippen molar-refractivity contribution in [2.45, 2.75) is 70.9 Å². The highest BCUT2D eigenvalue weighted by atomic mass is 31.2. The largest absolute Gasteiger partial charge is 0.401 e. The fourth-order valence-electron chi connectivity index (χ4n) is 2.72. The van der Waals surface area contributed by atoms with Crippen molar-refractivity contribution in [3.8, 4) is 0 Å². The minimum Gasteiger partial charge on any atom is -0.401 e. The summed E-state index contributed by atoms with van der Waals surface area (Å²) in [5, 5.41) is -0.707. The van der Waals surface area contributed by atoms with Gasteiger partial charge in [0.05, 0.1) is 13.2 Å². The third-order valence-electron chi connectivity index (χ3n) is 3.23. The molecular formula is C13H29O4PSi. The summed E-state index contributed by atoms with van der Waals surface area (Å²) in [5.74, 6) is 0. The Hall–Kier alpha value is 0.327. The highest BCUT2D eigenvalue weighted by molar-refractivity contribution is 7.55. The summed E-state index contributed by atoms with van der Waals surface area (Å²) in [6.45, 7) is 10.9. The first-order valence-electron chi connectivity index (χ1n) is 7.38. The van der Waals surface area contributed by atoms with Gasteiger partial charge in [-0.1, -0.05) is 6.42 Å². The van der Waals surface area contributed by atoms with E-state index in [2.05, 4.69) is 19.6 Å². The second kappa shape index (κ2) is 6.86. The third kappa shape index (κ3) is 4.40. The molecular weight excluding hydrogens is 279 g/mol. The molecule has 0 heterocycles. The molecule has 0 radical (unpaired) electrons. The summed E-state index contributed by atoms with van der Waals surface area (Å²) in [6.07, 6.45) is 4.82. The maximum atomic E-state index is 13.2. The fraction of sp³-hybridized carbons (Fsp3) is 1.00. The normalized spacial score (nSPS) is 20.5. The molecule has 0 aliphatic heterocycles. The van der Waals surface area contributed by atoms with E-state index < -0.39 is 21.3 Å². The Morgan fingerprint density at radius 3 is 1.84 bits per heavy atom. The lowest BCUT2D eigenvalue weighted by Crippen LogP contribution is -2.44. The molecule has 0 amide bonds. The van der Waals surface area contributed by atoms with Crippen LogP contribution in [-0.2, 0) is 18.0 Å². The molecule has 4 nitrogen and oxygen atoms in total. The second-order valence-electron chi connectivity index (χ2n) is 6.05. The Labute approximate surface area is 118 Å². The Bertz CT molecular complexity index is 311. The van der Waals surface area contributed by atoms with Crippen LogP contribution in [0.5, 0.6) is 0 Å². The number of hydrogen-bond donors (Lipinski definition) is 0. The van der Waals surface area contributed by atoms with Gasteiger partial charge in [-0.25, -0.2) is 0 Å². The molecule has 0 aromatic heterocycles. The molecule has 0 saturated heterocycles. The molecule has 1 rings (SSSR count). The van der Waals surface area contributed by atoms with E-state index in [9.17, 15) is 4.57 Å². The van der Waals surface area contributed by atoms with Gasteiger partial charge in [0.2, 0.25) is 0 Å². The van der Waals surface area contributed by atoms with E-state index in [0.717, 1.165) is 25.7 Å². The average molecular weight is 308 g/mol. The van der Waals surface area contributed by atoms with E-state index in [1.165, 1.54) is 6.42 Å². The van der Waals surface area contributed by atoms with E-state index in [0.29, 0.717) is 13.2 Å². The first kappa shape index (κ1) is 17.4. The van der Waals surface area contributed by atoms with Gasteiger partial charge in [-0.15, -0.1) is 0 Å². The average Bonchev–Trinajstić information content (AvgIpc) is 2.28. The number of rotatable bonds is 7. The molecule has 0 spiro atoms. The van der Waals surface area contributed by atoms with Crippen LogP contribution in [0, 0.1) is 0 Å². The first-order valence-corrected chi connectivity index (χ1v) is 12.3. The van der Waals surface area contributed by atoms with E-state index in [1.807, 2.05) is 13.8 Å². The van der Waals surface area contributed by atoms with Crippen LogP contribution in [0.1, 0.15) is 46.0 Å². The zero-order valence-corrected chi connectivity index (χ0v) is 14.9. The van der Waals surface area contributed by atoms with Crippen molar-refractivity contribution in [1.82, 2.24) is 0 Å². The molecule has 114 valence electrons. The first-order chi connectivity index (χ1) is 8.79. The van der Waals surface area contributed by atoms with Gasteiger partial charge >= 0.3 is 7.60 Å². The van der Waals surface area contributed by atoms with E-state index in [1.54, 1.807) is 0 Å². The summed E-state index contributed by atoms with van der Waals surface area (Å²) >= 11 is 0. The summed E-state index contributed by atoms with van der Waals surface area (Å²) in [6, 6.07) is 0. The third-order valence-corrected chi connectivity index (χ3v) is 7.14. The quantitative estimate of drug-likeness (QED) is 0.502. The van der Waals surface area contributed by atoms with Crippen LogP contribution in [0.2, 0.25) is 19.6 Å². The van der Waals surface area contributed by atoms with Crippen molar-refractivity contribution in [1.29, 1.82) is 0 Å². The summed E-state index contributed by atoms with van der Waals surface area (Å²) < 4.78 is 30.8. The van der Waals surface area contributed by atoms with Gasteiger partial charge in [0.15, 0.2) is 13.7 Å². The maximum Gasteiger partial charge on any atom is 0.361 e. The fourth-order valence-corrected chi connectivity index (χ4v) is 7.42. The predicted molar refractivity (Wildman–Crippen MR) is 81.1 cm³/mol. The van der Waals surface area contributed by atoms with E-state index in [4.69, 9.17) is 13.5 Å². The molecule has 0 N–H and O–H groups in total. The SMILES string of the molecule is CCOP(=O)(OCC)C1(O[Si](C)(C)C)CCCCC1. The Morgan fingerprint density at radius 1 is 1.00 bits per heavy atom. The monoisotopic (exact) mass is 308 g/mol. The molecule has 0 unspecified atom stereocenters. The van der Waals surface area contributed by atoms with Gasteiger partial charge in [0.1, 0.15) is 0 Å². The molecule has 0 aromatic rings. The molecule has 1 fully saturated rings. The smallest absolute Gasteiger partial charge is 0.361 e. The summed E-state index contributed by atoms with van der Waals surface area (Å²) in [4.78, 5) is 0. The van der Waals surface area contributed by atoms with Crippen molar-refractivity contribution in [2.24, 2.45) is 0 Å². The molecule has 0 atom stereocenters. The van der Waals surface area contributed by atoms with Crippen LogP contribution < -0.4 is 0 Å². The minimum absolute atomic E-state index is 0.397. The lowest BCUT2D eigenvalue weighted by molar-refractivity contribution is 0.0523. The topological polar surface area (TPSA) is 44.8 Å².